The number of methoxy groups -OCH3 is 1. The molecule has 0 spiro atoms. The van der Waals surface area contributed by atoms with Gasteiger partial charge in [0, 0.05) is 6.07 Å². The summed E-state index contributed by atoms with van der Waals surface area (Å²) in [6, 6.07) is 12.7. The number of aryl methyl sites for hydroxylation is 2. The number of hydrogen-bond acceptors (Lipinski definition) is 5. The molecule has 0 saturated carbocycles. The minimum Gasteiger partial charge on any atom is -0.497 e. The van der Waals surface area contributed by atoms with Crippen LogP contribution in [0.25, 0.3) is 0 Å². The van der Waals surface area contributed by atoms with Crippen molar-refractivity contribution in [3.63, 3.8) is 0 Å². The van der Waals surface area contributed by atoms with Crippen LogP contribution < -0.4 is 15.0 Å². The van der Waals surface area contributed by atoms with E-state index in [-0.39, 0.29) is 11.3 Å². The van der Waals surface area contributed by atoms with Crippen LogP contribution in [0.15, 0.2) is 51.9 Å². The normalized spacial score (nSPS) is 10.6. The highest BCUT2D eigenvalue weighted by molar-refractivity contribution is 9.10. The summed E-state index contributed by atoms with van der Waals surface area (Å²) >= 11 is 3.32. The summed E-state index contributed by atoms with van der Waals surface area (Å²) in [5, 5.41) is 4.32. The number of halogens is 1. The van der Waals surface area contributed by atoms with Crippen LogP contribution in [0.3, 0.4) is 0 Å². The smallest absolute Gasteiger partial charge is 0.310 e. The zero-order valence-corrected chi connectivity index (χ0v) is 16.3. The summed E-state index contributed by atoms with van der Waals surface area (Å²) in [4.78, 5) is 17.0. The van der Waals surface area contributed by atoms with Crippen molar-refractivity contribution >= 4 is 15.9 Å². The van der Waals surface area contributed by atoms with Crippen LogP contribution in [0, 0.1) is 13.8 Å². The Hall–Kier alpha value is -2.67. The Balaban J connectivity index is 1.91. The van der Waals surface area contributed by atoms with Crippen LogP contribution in [0.1, 0.15) is 17.0 Å². The Bertz CT molecular complexity index is 984. The molecular weight excluding hydrogens is 398 g/mol. The van der Waals surface area contributed by atoms with Gasteiger partial charge in [-0.05, 0) is 59.6 Å². The zero-order valence-electron chi connectivity index (χ0n) is 14.7. The number of hydrogen-bond donors (Lipinski definition) is 0. The average Bonchev–Trinajstić information content (AvgIpc) is 2.62. The van der Waals surface area contributed by atoms with Crippen molar-refractivity contribution in [1.29, 1.82) is 0 Å². The molecule has 6 nitrogen and oxygen atoms in total. The number of benzene rings is 1. The van der Waals surface area contributed by atoms with Gasteiger partial charge in [0.05, 0.1) is 25.0 Å². The van der Waals surface area contributed by atoms with Gasteiger partial charge in [-0.15, -0.1) is 0 Å². The highest BCUT2D eigenvalue weighted by Gasteiger charge is 2.12. The van der Waals surface area contributed by atoms with E-state index in [9.17, 15) is 4.79 Å². The Morgan fingerprint density at radius 1 is 1.08 bits per heavy atom. The molecule has 0 N–H and O–H groups in total. The first-order valence-electron chi connectivity index (χ1n) is 7.99. The van der Waals surface area contributed by atoms with E-state index < -0.39 is 0 Å². The van der Waals surface area contributed by atoms with Gasteiger partial charge in [-0.1, -0.05) is 12.1 Å². The molecule has 3 aromatic rings. The molecule has 1 aromatic carbocycles. The van der Waals surface area contributed by atoms with Gasteiger partial charge in [0.1, 0.15) is 16.1 Å². The van der Waals surface area contributed by atoms with Gasteiger partial charge < -0.3 is 9.47 Å². The van der Waals surface area contributed by atoms with E-state index in [2.05, 4.69) is 26.0 Å². The molecular formula is C19H18BrN3O3. The molecule has 7 heteroatoms. The lowest BCUT2D eigenvalue weighted by Gasteiger charge is -2.11. The van der Waals surface area contributed by atoms with E-state index >= 15 is 0 Å². The third kappa shape index (κ3) is 4.11. The Morgan fingerprint density at radius 2 is 1.81 bits per heavy atom. The van der Waals surface area contributed by atoms with Gasteiger partial charge in [-0.3, -0.25) is 4.79 Å². The van der Waals surface area contributed by atoms with Crippen LogP contribution >= 0.6 is 15.9 Å². The predicted molar refractivity (Wildman–Crippen MR) is 102 cm³/mol. The lowest BCUT2D eigenvalue weighted by molar-refractivity contribution is 0.414. The van der Waals surface area contributed by atoms with Crippen molar-refractivity contribution in [2.45, 2.75) is 20.4 Å². The second kappa shape index (κ2) is 7.70. The minimum atomic E-state index is -0.297. The summed E-state index contributed by atoms with van der Waals surface area (Å²) in [5.74, 6) is 1.52. The van der Waals surface area contributed by atoms with Gasteiger partial charge in [0.25, 0.3) is 0 Å². The van der Waals surface area contributed by atoms with Gasteiger partial charge in [-0.2, -0.15) is 5.10 Å². The summed E-state index contributed by atoms with van der Waals surface area (Å²) in [6.07, 6.45) is 0. The van der Waals surface area contributed by atoms with E-state index in [0.29, 0.717) is 28.3 Å². The van der Waals surface area contributed by atoms with Crippen molar-refractivity contribution in [1.82, 2.24) is 14.8 Å². The first-order chi connectivity index (χ1) is 12.5. The van der Waals surface area contributed by atoms with Crippen molar-refractivity contribution in [3.8, 4) is 17.2 Å². The number of ether oxygens (including phenoxy) is 2. The molecule has 3 rings (SSSR count). The summed E-state index contributed by atoms with van der Waals surface area (Å²) in [6.45, 7) is 3.99. The fraction of sp³-hybridized carbons (Fsp3) is 0.211. The molecule has 2 aromatic heterocycles. The summed E-state index contributed by atoms with van der Waals surface area (Å²) < 4.78 is 13.1. The third-order valence-electron chi connectivity index (χ3n) is 3.78. The minimum absolute atomic E-state index is 0.221. The number of aromatic nitrogens is 3. The molecule has 0 bridgehead atoms. The fourth-order valence-electron chi connectivity index (χ4n) is 2.47. The van der Waals surface area contributed by atoms with Gasteiger partial charge in [0.2, 0.25) is 0 Å². The van der Waals surface area contributed by atoms with Crippen molar-refractivity contribution in [2.24, 2.45) is 0 Å². The first kappa shape index (κ1) is 18.1. The SMILES string of the molecule is COc1ccc(Cn2nc(C)cc(Oc3ccc(Br)nc3C)c2=O)cc1. The first-order valence-corrected chi connectivity index (χ1v) is 8.78. The van der Waals surface area contributed by atoms with Crippen LogP contribution in [-0.2, 0) is 6.54 Å². The molecule has 0 fully saturated rings. The molecule has 134 valence electrons. The fourth-order valence-corrected chi connectivity index (χ4v) is 2.87. The van der Waals surface area contributed by atoms with Crippen LogP contribution in [0.5, 0.6) is 17.2 Å². The molecule has 0 unspecified atom stereocenters. The van der Waals surface area contributed by atoms with Crippen molar-refractivity contribution in [3.05, 3.63) is 74.4 Å². The van der Waals surface area contributed by atoms with Gasteiger partial charge in [-0.25, -0.2) is 9.67 Å². The summed E-state index contributed by atoms with van der Waals surface area (Å²) in [7, 11) is 1.62. The molecule has 26 heavy (non-hydrogen) atoms. The predicted octanol–water partition coefficient (Wildman–Crippen LogP) is 3.87. The van der Waals surface area contributed by atoms with Crippen molar-refractivity contribution in [2.75, 3.05) is 7.11 Å². The van der Waals surface area contributed by atoms with Crippen LogP contribution in [0.4, 0.5) is 0 Å². The molecule has 0 saturated heterocycles. The lowest BCUT2D eigenvalue weighted by atomic mass is 10.2. The number of rotatable bonds is 5. The topological polar surface area (TPSA) is 66.2 Å². The molecule has 0 atom stereocenters. The summed E-state index contributed by atoms with van der Waals surface area (Å²) in [5.41, 5.74) is 2.03. The standard InChI is InChI=1S/C19H18BrN3O3/c1-12-10-17(26-16-8-9-18(20)21-13(16)2)19(24)23(22-12)11-14-4-6-15(25-3)7-5-14/h4-10H,11H2,1-3H3. The van der Waals surface area contributed by atoms with Crippen molar-refractivity contribution < 1.29 is 9.47 Å². The molecule has 0 amide bonds. The maximum Gasteiger partial charge on any atom is 0.310 e. The highest BCUT2D eigenvalue weighted by atomic mass is 79.9. The molecule has 0 aliphatic heterocycles. The Kier molecular flexibility index (Phi) is 5.37. The number of pyridine rings is 1. The second-order valence-electron chi connectivity index (χ2n) is 5.78. The maximum absolute atomic E-state index is 12.8. The quantitative estimate of drug-likeness (QED) is 0.591. The van der Waals surface area contributed by atoms with Crippen LogP contribution in [0.2, 0.25) is 0 Å². The van der Waals surface area contributed by atoms with E-state index in [4.69, 9.17) is 9.47 Å². The molecule has 0 aliphatic carbocycles. The second-order valence-corrected chi connectivity index (χ2v) is 6.59. The molecule has 2 heterocycles. The average molecular weight is 416 g/mol. The molecule has 0 aliphatic rings. The van der Waals surface area contributed by atoms with Crippen LogP contribution in [-0.4, -0.2) is 21.9 Å². The van der Waals surface area contributed by atoms with E-state index in [1.165, 1.54) is 4.68 Å². The third-order valence-corrected chi connectivity index (χ3v) is 4.22. The Labute approximate surface area is 159 Å². The van der Waals surface area contributed by atoms with E-state index in [1.54, 1.807) is 25.3 Å². The monoisotopic (exact) mass is 415 g/mol. The van der Waals surface area contributed by atoms with Gasteiger partial charge in [0.15, 0.2) is 5.75 Å². The zero-order chi connectivity index (χ0) is 18.7. The lowest BCUT2D eigenvalue weighted by Crippen LogP contribution is -2.25. The van der Waals surface area contributed by atoms with E-state index in [0.717, 1.165) is 11.3 Å². The largest absolute Gasteiger partial charge is 0.497 e. The maximum atomic E-state index is 12.8. The molecule has 0 radical (unpaired) electrons. The Morgan fingerprint density at radius 3 is 2.46 bits per heavy atom. The van der Waals surface area contributed by atoms with Gasteiger partial charge >= 0.3 is 5.56 Å². The highest BCUT2D eigenvalue weighted by Crippen LogP contribution is 2.23. The van der Waals surface area contributed by atoms with E-state index in [1.807, 2.05) is 38.1 Å². The number of nitrogens with zero attached hydrogens (tertiary/aromatic N) is 3.